The van der Waals surface area contributed by atoms with Crippen molar-refractivity contribution in [1.29, 1.82) is 0 Å². The molecule has 2 aromatic carbocycles. The Labute approximate surface area is 271 Å². The van der Waals surface area contributed by atoms with Gasteiger partial charge >= 0.3 is 0 Å². The smallest absolute Gasteiger partial charge is 0.254 e. The summed E-state index contributed by atoms with van der Waals surface area (Å²) in [5.74, 6) is 0.102. The van der Waals surface area contributed by atoms with E-state index in [0.29, 0.717) is 40.2 Å². The SMILES string of the molecule is C=CCn1c(SCC(=O)Nc2sc3c(c2C(=O)NCc2ccccc2)CCCC3)nnc1[C@@H](NC(=O)c1ccccc1)C(C)C. The lowest BCUT2D eigenvalue weighted by molar-refractivity contribution is -0.113. The fourth-order valence-electron chi connectivity index (χ4n) is 5.33. The molecular weight excluding hydrogens is 605 g/mol. The molecule has 1 aliphatic rings. The van der Waals surface area contributed by atoms with Gasteiger partial charge in [0.25, 0.3) is 11.8 Å². The summed E-state index contributed by atoms with van der Waals surface area (Å²) < 4.78 is 1.88. The summed E-state index contributed by atoms with van der Waals surface area (Å²) in [6.07, 6.45) is 5.58. The number of nitrogens with zero attached hydrogens (tertiary/aromatic N) is 3. The summed E-state index contributed by atoms with van der Waals surface area (Å²) >= 11 is 2.76. The van der Waals surface area contributed by atoms with Crippen LogP contribution in [0.15, 0.2) is 78.5 Å². The van der Waals surface area contributed by atoms with Crippen LogP contribution in [-0.2, 0) is 30.7 Å². The molecule has 2 heterocycles. The molecule has 0 fully saturated rings. The molecule has 5 rings (SSSR count). The first-order valence-electron chi connectivity index (χ1n) is 15.1. The van der Waals surface area contributed by atoms with Crippen molar-refractivity contribution < 1.29 is 14.4 Å². The minimum absolute atomic E-state index is 0.0305. The molecule has 0 saturated heterocycles. The van der Waals surface area contributed by atoms with Crippen molar-refractivity contribution >= 4 is 45.8 Å². The monoisotopic (exact) mass is 642 g/mol. The number of carbonyl (C=O) groups is 3. The van der Waals surface area contributed by atoms with E-state index in [4.69, 9.17) is 0 Å². The molecule has 0 aliphatic heterocycles. The highest BCUT2D eigenvalue weighted by molar-refractivity contribution is 7.99. The van der Waals surface area contributed by atoms with Crippen molar-refractivity contribution in [3.05, 3.63) is 106 Å². The second-order valence-corrected chi connectivity index (χ2v) is 13.3. The molecule has 0 bridgehead atoms. The molecule has 0 spiro atoms. The molecule has 2 aromatic heterocycles. The van der Waals surface area contributed by atoms with Gasteiger partial charge in [-0.3, -0.25) is 14.4 Å². The van der Waals surface area contributed by atoms with Crippen LogP contribution < -0.4 is 16.0 Å². The van der Waals surface area contributed by atoms with E-state index in [1.54, 1.807) is 18.2 Å². The van der Waals surface area contributed by atoms with Gasteiger partial charge in [0.05, 0.1) is 17.4 Å². The molecular formula is C34H38N6O3S2. The van der Waals surface area contributed by atoms with Crippen LogP contribution >= 0.6 is 23.1 Å². The Hall–Kier alpha value is -4.22. The van der Waals surface area contributed by atoms with Crippen molar-refractivity contribution in [3.8, 4) is 0 Å². The third-order valence-corrected chi connectivity index (χ3v) is 9.78. The van der Waals surface area contributed by atoms with Crippen LogP contribution in [0.3, 0.4) is 0 Å². The Bertz CT molecular complexity index is 1650. The average Bonchev–Trinajstić information content (AvgIpc) is 3.62. The predicted octanol–water partition coefficient (Wildman–Crippen LogP) is 6.19. The molecule has 234 valence electrons. The summed E-state index contributed by atoms with van der Waals surface area (Å²) in [5.41, 5.74) is 3.20. The second kappa shape index (κ2) is 15.2. The van der Waals surface area contributed by atoms with Crippen molar-refractivity contribution in [2.75, 3.05) is 11.1 Å². The van der Waals surface area contributed by atoms with Crippen LogP contribution in [-0.4, -0.2) is 38.2 Å². The summed E-state index contributed by atoms with van der Waals surface area (Å²) in [6.45, 7) is 8.74. The standard InChI is InChI=1S/C34H38N6O3S2/c1-4-19-40-30(29(22(2)3)37-31(42)24-15-9-6-10-16-24)38-39-34(40)44-21-27(41)36-33-28(25-17-11-12-18-26(25)45-33)32(43)35-20-23-13-7-5-8-14-23/h4-10,13-16,22,29H,1,11-12,17-21H2,2-3H3,(H,35,43)(H,36,41)(H,37,42)/t29-/m0/s1. The van der Waals surface area contributed by atoms with Crippen molar-refractivity contribution in [2.24, 2.45) is 5.92 Å². The van der Waals surface area contributed by atoms with Crippen molar-refractivity contribution in [2.45, 2.75) is 63.8 Å². The number of thiophene rings is 1. The summed E-state index contributed by atoms with van der Waals surface area (Å²) in [6, 6.07) is 18.4. The van der Waals surface area contributed by atoms with E-state index in [-0.39, 0.29) is 29.4 Å². The highest BCUT2D eigenvalue weighted by Crippen LogP contribution is 2.38. The van der Waals surface area contributed by atoms with Crippen LogP contribution in [0.1, 0.15) is 75.3 Å². The quantitative estimate of drug-likeness (QED) is 0.118. The molecule has 1 atom stereocenters. The largest absolute Gasteiger partial charge is 0.348 e. The predicted molar refractivity (Wildman–Crippen MR) is 180 cm³/mol. The van der Waals surface area contributed by atoms with Crippen LogP contribution in [0.5, 0.6) is 0 Å². The average molecular weight is 643 g/mol. The molecule has 45 heavy (non-hydrogen) atoms. The first-order chi connectivity index (χ1) is 21.9. The Kier molecular flexibility index (Phi) is 10.9. The minimum Gasteiger partial charge on any atom is -0.348 e. The van der Waals surface area contributed by atoms with Gasteiger partial charge in [-0.05, 0) is 54.9 Å². The zero-order valence-corrected chi connectivity index (χ0v) is 27.2. The van der Waals surface area contributed by atoms with Crippen LogP contribution in [0, 0.1) is 5.92 Å². The Morgan fingerprint density at radius 2 is 1.71 bits per heavy atom. The maximum Gasteiger partial charge on any atom is 0.254 e. The molecule has 0 saturated carbocycles. The third kappa shape index (κ3) is 7.90. The van der Waals surface area contributed by atoms with Crippen molar-refractivity contribution in [1.82, 2.24) is 25.4 Å². The maximum atomic E-state index is 13.4. The second-order valence-electron chi connectivity index (χ2n) is 11.2. The first kappa shape index (κ1) is 32.2. The number of allylic oxidation sites excluding steroid dienone is 1. The number of amides is 3. The molecule has 1 aliphatic carbocycles. The van der Waals surface area contributed by atoms with Crippen LogP contribution in [0.2, 0.25) is 0 Å². The Balaban J connectivity index is 1.29. The van der Waals surface area contributed by atoms with Crippen molar-refractivity contribution in [3.63, 3.8) is 0 Å². The number of hydrogen-bond acceptors (Lipinski definition) is 7. The number of anilines is 1. The molecule has 0 unspecified atom stereocenters. The zero-order chi connectivity index (χ0) is 31.8. The van der Waals surface area contributed by atoms with Gasteiger partial charge < -0.3 is 20.5 Å². The lowest BCUT2D eigenvalue weighted by Crippen LogP contribution is -2.33. The molecule has 0 radical (unpaired) electrons. The van der Waals surface area contributed by atoms with E-state index >= 15 is 0 Å². The first-order valence-corrected chi connectivity index (χ1v) is 16.9. The number of aromatic nitrogens is 3. The van der Waals surface area contributed by atoms with Gasteiger partial charge in [0.15, 0.2) is 11.0 Å². The van der Waals surface area contributed by atoms with E-state index in [2.05, 4.69) is 32.7 Å². The lowest BCUT2D eigenvalue weighted by Gasteiger charge is -2.22. The number of aryl methyl sites for hydroxylation is 1. The molecule has 3 amide bonds. The van der Waals surface area contributed by atoms with E-state index < -0.39 is 6.04 Å². The number of rotatable bonds is 13. The Morgan fingerprint density at radius 1 is 1.00 bits per heavy atom. The lowest BCUT2D eigenvalue weighted by atomic mass is 9.95. The maximum absolute atomic E-state index is 13.4. The number of fused-ring (bicyclic) bond motifs is 1. The van der Waals surface area contributed by atoms with E-state index in [9.17, 15) is 14.4 Å². The highest BCUT2D eigenvalue weighted by atomic mass is 32.2. The van der Waals surface area contributed by atoms with Gasteiger partial charge in [0.2, 0.25) is 5.91 Å². The van der Waals surface area contributed by atoms with E-state index in [0.717, 1.165) is 36.8 Å². The highest BCUT2D eigenvalue weighted by Gasteiger charge is 2.28. The number of nitrogens with one attached hydrogen (secondary N) is 3. The normalized spacial score (nSPS) is 13.1. The van der Waals surface area contributed by atoms with Gasteiger partial charge in [0, 0.05) is 23.5 Å². The molecule has 9 nitrogen and oxygen atoms in total. The number of thioether (sulfide) groups is 1. The Morgan fingerprint density at radius 3 is 2.42 bits per heavy atom. The summed E-state index contributed by atoms with van der Waals surface area (Å²) in [4.78, 5) is 40.9. The van der Waals surface area contributed by atoms with E-state index in [1.807, 2.05) is 66.9 Å². The van der Waals surface area contributed by atoms with Gasteiger partial charge in [-0.2, -0.15) is 0 Å². The topological polar surface area (TPSA) is 118 Å². The zero-order valence-electron chi connectivity index (χ0n) is 25.5. The third-order valence-electron chi connectivity index (χ3n) is 7.60. The van der Waals surface area contributed by atoms with E-state index in [1.165, 1.54) is 28.0 Å². The van der Waals surface area contributed by atoms with Crippen LogP contribution in [0.4, 0.5) is 5.00 Å². The molecule has 3 N–H and O–H groups in total. The van der Waals surface area contributed by atoms with Gasteiger partial charge in [-0.15, -0.1) is 28.1 Å². The fourth-order valence-corrected chi connectivity index (χ4v) is 7.39. The fraction of sp³-hybridized carbons (Fsp3) is 0.324. The number of hydrogen-bond donors (Lipinski definition) is 3. The van der Waals surface area contributed by atoms with Gasteiger partial charge in [0.1, 0.15) is 5.00 Å². The molecule has 4 aromatic rings. The van der Waals surface area contributed by atoms with Gasteiger partial charge in [-0.25, -0.2) is 0 Å². The van der Waals surface area contributed by atoms with Gasteiger partial charge in [-0.1, -0.05) is 80.2 Å². The number of carbonyl (C=O) groups excluding carboxylic acids is 3. The van der Waals surface area contributed by atoms with Crippen LogP contribution in [0.25, 0.3) is 0 Å². The summed E-state index contributed by atoms with van der Waals surface area (Å²) in [7, 11) is 0. The molecule has 11 heteroatoms. The summed E-state index contributed by atoms with van der Waals surface area (Å²) in [5, 5.41) is 19.1. The number of benzene rings is 2. The minimum atomic E-state index is -0.400.